The van der Waals surface area contributed by atoms with Gasteiger partial charge in [-0.25, -0.2) is 0 Å². The van der Waals surface area contributed by atoms with Crippen LogP contribution in [0.15, 0.2) is 109 Å². The molecule has 0 spiro atoms. The fourth-order valence-electron chi connectivity index (χ4n) is 5.37. The summed E-state index contributed by atoms with van der Waals surface area (Å²) >= 11 is 0.129. The summed E-state index contributed by atoms with van der Waals surface area (Å²) in [5, 5.41) is 12.2. The summed E-state index contributed by atoms with van der Waals surface area (Å²) in [5.74, 6) is 0. The summed E-state index contributed by atoms with van der Waals surface area (Å²) in [4.78, 5) is 3.52. The fraction of sp³-hybridized carbons (Fsp3) is 0. The Morgan fingerprint density at radius 2 is 1.36 bits per heavy atom. The van der Waals surface area contributed by atoms with Gasteiger partial charge < -0.3 is 0 Å². The number of nitriles is 1. The van der Waals surface area contributed by atoms with E-state index in [1.54, 1.807) is 0 Å². The fourth-order valence-corrected chi connectivity index (χ4v) is 7.54. The predicted octanol–water partition coefficient (Wildman–Crippen LogP) is 7.69. The van der Waals surface area contributed by atoms with Crippen LogP contribution in [-0.4, -0.2) is 19.1 Å². The molecule has 2 aromatic heterocycles. The quantitative estimate of drug-likeness (QED) is 0.130. The van der Waals surface area contributed by atoms with E-state index in [0.717, 1.165) is 27.8 Å². The molecular formula is C32H17N3Se. The molecule has 166 valence electrons. The Balaban J connectivity index is 1.40. The molecule has 36 heavy (non-hydrogen) atoms. The number of hydrogen-bond donors (Lipinski definition) is 0. The van der Waals surface area contributed by atoms with Crippen LogP contribution in [0, 0.1) is 17.9 Å². The van der Waals surface area contributed by atoms with Gasteiger partial charge in [-0.2, -0.15) is 0 Å². The molecule has 0 amide bonds. The van der Waals surface area contributed by atoms with E-state index in [4.69, 9.17) is 6.57 Å². The van der Waals surface area contributed by atoms with E-state index in [9.17, 15) is 5.26 Å². The molecule has 0 saturated carbocycles. The molecule has 0 bridgehead atoms. The first kappa shape index (κ1) is 20.7. The van der Waals surface area contributed by atoms with Crippen molar-refractivity contribution in [3.8, 4) is 31.8 Å². The number of benzene rings is 4. The van der Waals surface area contributed by atoms with Gasteiger partial charge in [0.1, 0.15) is 0 Å². The van der Waals surface area contributed by atoms with Gasteiger partial charge in [0.05, 0.1) is 0 Å². The molecular weight excluding hydrogens is 505 g/mol. The average Bonchev–Trinajstić information content (AvgIpc) is 3.62. The minimum atomic E-state index is 0.129. The molecule has 0 N–H and O–H groups in total. The van der Waals surface area contributed by atoms with E-state index in [-0.39, 0.29) is 20.2 Å². The van der Waals surface area contributed by atoms with E-state index >= 15 is 0 Å². The molecule has 0 saturated heterocycles. The van der Waals surface area contributed by atoms with Crippen LogP contribution < -0.4 is 0 Å². The van der Waals surface area contributed by atoms with Crippen molar-refractivity contribution in [3.05, 3.63) is 131 Å². The number of fused-ring (bicyclic) bond motifs is 6. The molecule has 0 aliphatic heterocycles. The van der Waals surface area contributed by atoms with E-state index in [0.29, 0.717) is 0 Å². The second-order valence-corrected chi connectivity index (χ2v) is 11.0. The summed E-state index contributed by atoms with van der Waals surface area (Å²) in [6, 6.07) is 38.4. The third-order valence-electron chi connectivity index (χ3n) is 6.91. The van der Waals surface area contributed by atoms with Crippen LogP contribution in [0.2, 0.25) is 0 Å². The first-order chi connectivity index (χ1) is 17.8. The van der Waals surface area contributed by atoms with Crippen molar-refractivity contribution in [2.75, 3.05) is 0 Å². The molecule has 2 heterocycles. The Labute approximate surface area is 214 Å². The third-order valence-corrected chi connectivity index (χ3v) is 9.26. The topological polar surface area (TPSA) is 33.1 Å². The predicted molar refractivity (Wildman–Crippen MR) is 147 cm³/mol. The zero-order valence-electron chi connectivity index (χ0n) is 19.1. The average molecular weight is 522 g/mol. The van der Waals surface area contributed by atoms with Gasteiger partial charge in [0.2, 0.25) is 0 Å². The Morgan fingerprint density at radius 3 is 2.06 bits per heavy atom. The molecule has 6 aromatic rings. The van der Waals surface area contributed by atoms with Crippen LogP contribution >= 0.6 is 0 Å². The number of allylic oxidation sites excluding steroid dienone is 1. The summed E-state index contributed by atoms with van der Waals surface area (Å²) in [6.07, 6.45) is 0. The maximum absolute atomic E-state index is 9.60. The van der Waals surface area contributed by atoms with Gasteiger partial charge in [-0.05, 0) is 0 Å². The number of nitrogens with zero attached hydrogens (tertiary/aromatic N) is 3. The van der Waals surface area contributed by atoms with Gasteiger partial charge >= 0.3 is 215 Å². The molecule has 0 radical (unpaired) electrons. The van der Waals surface area contributed by atoms with Gasteiger partial charge in [-0.15, -0.1) is 0 Å². The molecule has 7 rings (SSSR count). The Kier molecular flexibility index (Phi) is 4.60. The summed E-state index contributed by atoms with van der Waals surface area (Å²) in [5.41, 5.74) is 8.68. The number of para-hydroxylation sites is 2. The van der Waals surface area contributed by atoms with Crippen molar-refractivity contribution >= 4 is 41.9 Å². The zero-order chi connectivity index (χ0) is 24.2. The van der Waals surface area contributed by atoms with Crippen molar-refractivity contribution in [2.45, 2.75) is 0 Å². The van der Waals surface area contributed by atoms with Gasteiger partial charge in [0, 0.05) is 0 Å². The molecule has 1 aliphatic carbocycles. The van der Waals surface area contributed by atoms with Gasteiger partial charge in [0.25, 0.3) is 0 Å². The monoisotopic (exact) mass is 523 g/mol. The molecule has 0 unspecified atom stereocenters. The zero-order valence-corrected chi connectivity index (χ0v) is 20.8. The van der Waals surface area contributed by atoms with E-state index in [2.05, 4.69) is 100 Å². The van der Waals surface area contributed by atoms with Crippen molar-refractivity contribution < 1.29 is 0 Å². The van der Waals surface area contributed by atoms with Gasteiger partial charge in [0.15, 0.2) is 0 Å². The van der Waals surface area contributed by atoms with Crippen LogP contribution in [0.4, 0.5) is 0 Å². The van der Waals surface area contributed by atoms with Crippen molar-refractivity contribution in [2.24, 2.45) is 0 Å². The first-order valence-corrected chi connectivity index (χ1v) is 13.3. The molecule has 1 aliphatic rings. The van der Waals surface area contributed by atoms with Gasteiger partial charge in [-0.1, -0.05) is 0 Å². The maximum atomic E-state index is 9.60. The SMILES string of the molecule is [C-]#[N+]/C(C#N)=C1/c2ccccc2-c2cc(-c3ccc(-n4c5ccccc5c5ccccc54)[se]3)ccc21. The Bertz CT molecular complexity index is 1900. The van der Waals surface area contributed by atoms with Crippen LogP contribution in [0.25, 0.3) is 57.9 Å². The first-order valence-electron chi connectivity index (χ1n) is 11.6. The second-order valence-electron chi connectivity index (χ2n) is 8.76. The molecule has 4 heteroatoms. The minimum absolute atomic E-state index is 0.129. The van der Waals surface area contributed by atoms with Crippen molar-refractivity contribution in [1.29, 1.82) is 5.26 Å². The molecule has 0 fully saturated rings. The molecule has 4 aromatic carbocycles. The molecule has 0 atom stereocenters. The summed E-state index contributed by atoms with van der Waals surface area (Å²) in [6.45, 7) is 7.52. The van der Waals surface area contributed by atoms with E-state index in [1.165, 1.54) is 36.4 Å². The molecule has 3 nitrogen and oxygen atoms in total. The van der Waals surface area contributed by atoms with Gasteiger partial charge in [-0.3, -0.25) is 0 Å². The number of hydrogen-bond acceptors (Lipinski definition) is 1. The van der Waals surface area contributed by atoms with Crippen LogP contribution in [0.5, 0.6) is 0 Å². The van der Waals surface area contributed by atoms with E-state index in [1.807, 2.05) is 18.2 Å². The number of rotatable bonds is 2. The summed E-state index contributed by atoms with van der Waals surface area (Å²) < 4.78 is 5.05. The van der Waals surface area contributed by atoms with Crippen LogP contribution in [0.1, 0.15) is 11.1 Å². The summed E-state index contributed by atoms with van der Waals surface area (Å²) in [7, 11) is 0. The number of aromatic nitrogens is 1. The Morgan fingerprint density at radius 1 is 0.722 bits per heavy atom. The second kappa shape index (κ2) is 7.97. The van der Waals surface area contributed by atoms with Crippen LogP contribution in [0.3, 0.4) is 0 Å². The van der Waals surface area contributed by atoms with Crippen molar-refractivity contribution in [3.63, 3.8) is 0 Å². The van der Waals surface area contributed by atoms with E-state index < -0.39 is 0 Å². The normalized spacial score (nSPS) is 13.3. The van der Waals surface area contributed by atoms with Crippen molar-refractivity contribution in [1.82, 2.24) is 4.57 Å². The Hall–Kier alpha value is -4.60. The van der Waals surface area contributed by atoms with Crippen LogP contribution in [-0.2, 0) is 0 Å². The standard InChI is InChI=1S/C32H17N3Se/c1-34-27(19-33)32-24-11-3-2-8-21(24)26-18-20(14-15-25(26)32)30-16-17-31(36-30)35-28-12-6-4-9-22(28)23-10-5-7-13-29(23)35/h2-18H/b32-27-. The third kappa shape index (κ3) is 2.90.